The minimum absolute atomic E-state index is 0.107. The normalized spacial score (nSPS) is 25.7. The van der Waals surface area contributed by atoms with Gasteiger partial charge in [-0.25, -0.2) is 0 Å². The third kappa shape index (κ3) is 3.75. The van der Waals surface area contributed by atoms with E-state index >= 15 is 0 Å². The Morgan fingerprint density at radius 1 is 1.20 bits per heavy atom. The van der Waals surface area contributed by atoms with E-state index in [1.54, 1.807) is 0 Å². The lowest BCUT2D eigenvalue weighted by molar-refractivity contribution is -0.134. The fourth-order valence-corrected chi connectivity index (χ4v) is 3.94. The topological polar surface area (TPSA) is 41.1 Å². The molecule has 0 spiro atoms. The second-order valence-electron chi connectivity index (χ2n) is 6.90. The fraction of sp³-hybridized carbons (Fsp3) is 0.941. The summed E-state index contributed by atoms with van der Waals surface area (Å²) in [6, 6.07) is 0.346. The zero-order valence-electron chi connectivity index (χ0n) is 13.3. The maximum absolute atomic E-state index is 12.8. The van der Waals surface area contributed by atoms with Gasteiger partial charge >= 0.3 is 0 Å². The molecule has 2 N–H and O–H groups in total. The van der Waals surface area contributed by atoms with Gasteiger partial charge in [0.25, 0.3) is 0 Å². The van der Waals surface area contributed by atoms with Crippen LogP contribution < -0.4 is 10.6 Å². The van der Waals surface area contributed by atoms with Crippen LogP contribution in [-0.4, -0.2) is 25.0 Å². The van der Waals surface area contributed by atoms with Crippen LogP contribution in [0.2, 0.25) is 0 Å². The van der Waals surface area contributed by atoms with Gasteiger partial charge in [-0.15, -0.1) is 0 Å². The van der Waals surface area contributed by atoms with Crippen LogP contribution in [0.4, 0.5) is 0 Å². The van der Waals surface area contributed by atoms with Crippen LogP contribution in [0.3, 0.4) is 0 Å². The summed E-state index contributed by atoms with van der Waals surface area (Å²) >= 11 is 0. The molecule has 1 atom stereocenters. The van der Waals surface area contributed by atoms with Crippen LogP contribution in [0.15, 0.2) is 0 Å². The van der Waals surface area contributed by atoms with Crippen LogP contribution in [-0.2, 0) is 4.79 Å². The molecule has 2 fully saturated rings. The number of carbonyl (C=O) groups excluding carboxylic acids is 1. The van der Waals surface area contributed by atoms with Crippen LogP contribution >= 0.6 is 0 Å². The molecule has 2 aliphatic rings. The van der Waals surface area contributed by atoms with Crippen LogP contribution in [0.1, 0.15) is 71.6 Å². The maximum Gasteiger partial charge on any atom is 0.226 e. The Kier molecular flexibility index (Phi) is 5.88. The summed E-state index contributed by atoms with van der Waals surface area (Å²) in [5, 5.41) is 6.75. The summed E-state index contributed by atoms with van der Waals surface area (Å²) in [7, 11) is 0. The molecule has 20 heavy (non-hydrogen) atoms. The van der Waals surface area contributed by atoms with Crippen LogP contribution in [0.25, 0.3) is 0 Å². The van der Waals surface area contributed by atoms with Crippen molar-refractivity contribution in [2.75, 3.05) is 13.1 Å². The third-order valence-electron chi connectivity index (χ3n) is 5.68. The predicted molar refractivity (Wildman–Crippen MR) is 83.6 cm³/mol. The zero-order chi connectivity index (χ0) is 14.4. The Balaban J connectivity index is 1.91. The first-order valence-corrected chi connectivity index (χ1v) is 8.69. The zero-order valence-corrected chi connectivity index (χ0v) is 13.3. The van der Waals surface area contributed by atoms with Gasteiger partial charge in [0.2, 0.25) is 5.91 Å². The highest BCUT2D eigenvalue weighted by atomic mass is 16.2. The lowest BCUT2D eigenvalue weighted by Gasteiger charge is -2.37. The monoisotopic (exact) mass is 280 g/mol. The fourth-order valence-electron chi connectivity index (χ4n) is 3.94. The van der Waals surface area contributed by atoms with E-state index in [1.165, 1.54) is 38.5 Å². The molecule has 2 rings (SSSR count). The van der Waals surface area contributed by atoms with E-state index in [4.69, 9.17) is 0 Å². The highest BCUT2D eigenvalue weighted by molar-refractivity contribution is 5.83. The molecule has 3 nitrogen and oxygen atoms in total. The van der Waals surface area contributed by atoms with Crippen LogP contribution in [0, 0.1) is 11.3 Å². The van der Waals surface area contributed by atoms with Gasteiger partial charge in [0.1, 0.15) is 0 Å². The van der Waals surface area contributed by atoms with Gasteiger partial charge < -0.3 is 10.6 Å². The molecule has 1 aliphatic carbocycles. The smallest absolute Gasteiger partial charge is 0.226 e. The summed E-state index contributed by atoms with van der Waals surface area (Å²) in [5.41, 5.74) is -0.107. The van der Waals surface area contributed by atoms with Crippen molar-refractivity contribution in [1.82, 2.24) is 10.6 Å². The Labute approximate surface area is 124 Å². The molecule has 0 radical (unpaired) electrons. The Morgan fingerprint density at radius 2 is 1.80 bits per heavy atom. The summed E-state index contributed by atoms with van der Waals surface area (Å²) in [6.45, 7) is 6.36. The molecular formula is C17H32N2O. The molecule has 116 valence electrons. The van der Waals surface area contributed by atoms with E-state index in [9.17, 15) is 4.79 Å². The van der Waals surface area contributed by atoms with Crippen molar-refractivity contribution in [3.8, 4) is 0 Å². The number of carbonyl (C=O) groups is 1. The second kappa shape index (κ2) is 7.44. The first-order valence-electron chi connectivity index (χ1n) is 8.69. The van der Waals surface area contributed by atoms with E-state index in [-0.39, 0.29) is 5.41 Å². The summed E-state index contributed by atoms with van der Waals surface area (Å²) in [5.74, 6) is 1.01. The highest BCUT2D eigenvalue weighted by Crippen LogP contribution is 2.33. The minimum Gasteiger partial charge on any atom is -0.353 e. The van der Waals surface area contributed by atoms with E-state index < -0.39 is 0 Å². The Hall–Kier alpha value is -0.570. The van der Waals surface area contributed by atoms with E-state index in [0.717, 1.165) is 32.4 Å². The number of piperidine rings is 1. The van der Waals surface area contributed by atoms with Crippen LogP contribution in [0.5, 0.6) is 0 Å². The maximum atomic E-state index is 12.8. The standard InChI is InChI=1S/C17H32N2O/c1-3-17(10-12-18-13-11-17)16(20)19-14(2)15-8-6-4-5-7-9-15/h14-15,18H,3-13H2,1-2H3,(H,19,20)/t14-/m1/s1. The molecule has 0 bridgehead atoms. The molecule has 1 amide bonds. The number of amides is 1. The Bertz CT molecular complexity index is 302. The van der Waals surface area contributed by atoms with Crippen molar-refractivity contribution in [3.63, 3.8) is 0 Å². The first-order chi connectivity index (χ1) is 9.68. The van der Waals surface area contributed by atoms with Gasteiger partial charge in [0.15, 0.2) is 0 Å². The lowest BCUT2D eigenvalue weighted by atomic mass is 9.75. The quantitative estimate of drug-likeness (QED) is 0.776. The molecule has 0 aromatic carbocycles. The third-order valence-corrected chi connectivity index (χ3v) is 5.68. The van der Waals surface area contributed by atoms with Gasteiger partial charge in [0, 0.05) is 6.04 Å². The van der Waals surface area contributed by atoms with Gasteiger partial charge in [-0.2, -0.15) is 0 Å². The van der Waals surface area contributed by atoms with E-state index in [0.29, 0.717) is 17.9 Å². The van der Waals surface area contributed by atoms with Gasteiger partial charge in [0.05, 0.1) is 5.41 Å². The molecule has 3 heteroatoms. The molecule has 1 saturated carbocycles. The molecular weight excluding hydrogens is 248 g/mol. The molecule has 0 aromatic heterocycles. The van der Waals surface area contributed by atoms with Crippen molar-refractivity contribution in [2.45, 2.75) is 77.7 Å². The molecule has 1 saturated heterocycles. The largest absolute Gasteiger partial charge is 0.353 e. The highest BCUT2D eigenvalue weighted by Gasteiger charge is 2.38. The van der Waals surface area contributed by atoms with Crippen molar-refractivity contribution < 1.29 is 4.79 Å². The number of nitrogens with one attached hydrogen (secondary N) is 2. The molecule has 1 heterocycles. The molecule has 0 aromatic rings. The summed E-state index contributed by atoms with van der Waals surface area (Å²) in [6.07, 6.45) is 11.0. The average molecular weight is 280 g/mol. The summed E-state index contributed by atoms with van der Waals surface area (Å²) < 4.78 is 0. The van der Waals surface area contributed by atoms with Crippen molar-refractivity contribution >= 4 is 5.91 Å². The second-order valence-corrected chi connectivity index (χ2v) is 6.90. The van der Waals surface area contributed by atoms with Gasteiger partial charge in [-0.1, -0.05) is 32.6 Å². The number of rotatable bonds is 4. The Morgan fingerprint density at radius 3 is 2.35 bits per heavy atom. The van der Waals surface area contributed by atoms with E-state index in [2.05, 4.69) is 24.5 Å². The van der Waals surface area contributed by atoms with Gasteiger partial charge in [-0.05, 0) is 58.0 Å². The van der Waals surface area contributed by atoms with Crippen molar-refractivity contribution in [1.29, 1.82) is 0 Å². The number of hydrogen-bond acceptors (Lipinski definition) is 2. The summed E-state index contributed by atoms with van der Waals surface area (Å²) in [4.78, 5) is 12.8. The lowest BCUT2D eigenvalue weighted by Crippen LogP contribution is -2.50. The molecule has 1 aliphatic heterocycles. The van der Waals surface area contributed by atoms with E-state index in [1.807, 2.05) is 0 Å². The minimum atomic E-state index is -0.107. The van der Waals surface area contributed by atoms with Crippen molar-refractivity contribution in [2.24, 2.45) is 11.3 Å². The van der Waals surface area contributed by atoms with Gasteiger partial charge in [-0.3, -0.25) is 4.79 Å². The first kappa shape index (κ1) is 15.8. The predicted octanol–water partition coefficient (Wildman–Crippen LogP) is 3.24. The van der Waals surface area contributed by atoms with Crippen molar-refractivity contribution in [3.05, 3.63) is 0 Å². The SMILES string of the molecule is CCC1(C(=O)N[C@H](C)C2CCCCCC2)CCNCC1. The molecule has 0 unspecified atom stereocenters. The average Bonchev–Trinajstić information content (AvgIpc) is 2.77. The number of hydrogen-bond donors (Lipinski definition) is 2.